The molecule has 0 aliphatic carbocycles. The first-order valence-electron chi connectivity index (χ1n) is 8.36. The normalized spacial score (nSPS) is 10.9. The third kappa shape index (κ3) is 11.6. The number of halogens is 1. The monoisotopic (exact) mass is 442 g/mol. The van der Waals surface area contributed by atoms with Crippen LogP contribution in [0.2, 0.25) is 0 Å². The molecule has 0 aromatic heterocycles. The minimum absolute atomic E-state index is 0. The van der Waals surface area contributed by atoms with E-state index in [9.17, 15) is 4.79 Å². The largest absolute Gasteiger partial charge is 0.385 e. The van der Waals surface area contributed by atoms with Crippen molar-refractivity contribution in [3.63, 3.8) is 0 Å². The first kappa shape index (κ1) is 24.7. The molecule has 1 N–H and O–H groups in total. The highest BCUT2D eigenvalue weighted by atomic mass is 127. The van der Waals surface area contributed by atoms with Crippen LogP contribution in [0.4, 0.5) is 0 Å². The van der Waals surface area contributed by atoms with Gasteiger partial charge in [-0.2, -0.15) is 0 Å². The van der Waals surface area contributed by atoms with E-state index in [1.165, 1.54) is 0 Å². The van der Waals surface area contributed by atoms with Gasteiger partial charge in [0.2, 0.25) is 5.91 Å². The number of methoxy groups -OCH3 is 1. The van der Waals surface area contributed by atoms with Crippen LogP contribution in [0.15, 0.2) is 4.99 Å². The number of aliphatic imine (C=N–C) groups is 1. The fourth-order valence-corrected chi connectivity index (χ4v) is 2.14. The number of carbonyl (C=O) groups is 1. The summed E-state index contributed by atoms with van der Waals surface area (Å²) in [5.41, 5.74) is 0. The molecule has 0 aromatic carbocycles. The van der Waals surface area contributed by atoms with Gasteiger partial charge in [0, 0.05) is 46.9 Å². The summed E-state index contributed by atoms with van der Waals surface area (Å²) in [4.78, 5) is 20.5. The summed E-state index contributed by atoms with van der Waals surface area (Å²) in [7, 11) is 3.64. The topological polar surface area (TPSA) is 57.2 Å². The Balaban J connectivity index is 0. The summed E-state index contributed by atoms with van der Waals surface area (Å²) in [5, 5.41) is 3.25. The summed E-state index contributed by atoms with van der Waals surface area (Å²) in [6.45, 7) is 10.3. The summed E-state index contributed by atoms with van der Waals surface area (Å²) in [6, 6.07) is 0. The molecule has 0 heterocycles. The van der Waals surface area contributed by atoms with Gasteiger partial charge in [0.05, 0.1) is 6.54 Å². The maximum atomic E-state index is 12.2. The molecular formula is C16H35IN4O2. The van der Waals surface area contributed by atoms with Crippen LogP contribution in [0.1, 0.15) is 40.0 Å². The number of nitrogens with zero attached hydrogens (tertiary/aromatic N) is 3. The van der Waals surface area contributed by atoms with Crippen molar-refractivity contribution in [2.75, 3.05) is 53.5 Å². The summed E-state index contributed by atoms with van der Waals surface area (Å²) < 4.78 is 5.04. The van der Waals surface area contributed by atoms with Crippen molar-refractivity contribution in [3.8, 4) is 0 Å². The Morgan fingerprint density at radius 3 is 2.30 bits per heavy atom. The van der Waals surface area contributed by atoms with Crippen LogP contribution in [0.25, 0.3) is 0 Å². The molecule has 0 aromatic rings. The standard InChI is InChI=1S/C16H34N4O2.HI/c1-6-17-16(18-12-10-9-11-13-22-5)19(4)14-15(21)20(7-2)8-3;/h6-14H2,1-5H3,(H,17,18);1H. The zero-order chi connectivity index (χ0) is 16.8. The molecule has 0 saturated heterocycles. The van der Waals surface area contributed by atoms with Gasteiger partial charge in [0.15, 0.2) is 5.96 Å². The lowest BCUT2D eigenvalue weighted by molar-refractivity contribution is -0.131. The van der Waals surface area contributed by atoms with Gasteiger partial charge in [-0.25, -0.2) is 0 Å². The number of guanidine groups is 1. The molecule has 0 aliphatic heterocycles. The first-order chi connectivity index (χ1) is 10.6. The Bertz CT molecular complexity index is 323. The molecule has 138 valence electrons. The van der Waals surface area contributed by atoms with Gasteiger partial charge in [-0.1, -0.05) is 0 Å². The summed E-state index contributed by atoms with van der Waals surface area (Å²) >= 11 is 0. The van der Waals surface area contributed by atoms with Crippen LogP contribution >= 0.6 is 24.0 Å². The molecule has 23 heavy (non-hydrogen) atoms. The number of unbranched alkanes of at least 4 members (excludes halogenated alkanes) is 2. The van der Waals surface area contributed by atoms with Crippen molar-refractivity contribution in [1.82, 2.24) is 15.1 Å². The van der Waals surface area contributed by atoms with E-state index in [-0.39, 0.29) is 29.9 Å². The van der Waals surface area contributed by atoms with Crippen LogP contribution < -0.4 is 5.32 Å². The minimum atomic E-state index is 0. The van der Waals surface area contributed by atoms with Gasteiger partial charge >= 0.3 is 0 Å². The number of amides is 1. The molecule has 1 amide bonds. The van der Waals surface area contributed by atoms with Gasteiger partial charge in [-0.05, 0) is 40.0 Å². The van der Waals surface area contributed by atoms with E-state index in [0.717, 1.165) is 58.0 Å². The third-order valence-corrected chi connectivity index (χ3v) is 3.45. The van der Waals surface area contributed by atoms with Gasteiger partial charge in [0.25, 0.3) is 0 Å². The average molecular weight is 442 g/mol. The SMILES string of the molecule is CCNC(=NCCCCCOC)N(C)CC(=O)N(CC)CC.I. The molecule has 0 rings (SSSR count). The molecule has 0 spiro atoms. The van der Waals surface area contributed by atoms with Crippen LogP contribution in [0.5, 0.6) is 0 Å². The molecule has 0 unspecified atom stereocenters. The van der Waals surface area contributed by atoms with E-state index in [1.54, 1.807) is 7.11 Å². The second-order valence-electron chi connectivity index (χ2n) is 5.21. The molecule has 0 radical (unpaired) electrons. The molecular weight excluding hydrogens is 407 g/mol. The molecule has 0 saturated carbocycles. The lowest BCUT2D eigenvalue weighted by Gasteiger charge is -2.25. The van der Waals surface area contributed by atoms with E-state index in [0.29, 0.717) is 6.54 Å². The van der Waals surface area contributed by atoms with Crippen LogP contribution in [0, 0.1) is 0 Å². The van der Waals surface area contributed by atoms with Gasteiger partial charge in [-0.15, -0.1) is 24.0 Å². The van der Waals surface area contributed by atoms with Gasteiger partial charge in [-0.3, -0.25) is 9.79 Å². The second-order valence-corrected chi connectivity index (χ2v) is 5.21. The van der Waals surface area contributed by atoms with Crippen molar-refractivity contribution >= 4 is 35.8 Å². The quantitative estimate of drug-likeness (QED) is 0.231. The Kier molecular flexibility index (Phi) is 17.5. The van der Waals surface area contributed by atoms with Gasteiger partial charge in [0.1, 0.15) is 0 Å². The number of hydrogen-bond acceptors (Lipinski definition) is 3. The van der Waals surface area contributed by atoms with Crippen molar-refractivity contribution < 1.29 is 9.53 Å². The fraction of sp³-hybridized carbons (Fsp3) is 0.875. The molecule has 6 nitrogen and oxygen atoms in total. The first-order valence-corrected chi connectivity index (χ1v) is 8.36. The highest BCUT2D eigenvalue weighted by Crippen LogP contribution is 1.98. The molecule has 0 fully saturated rings. The fourth-order valence-electron chi connectivity index (χ4n) is 2.14. The summed E-state index contributed by atoms with van der Waals surface area (Å²) in [6.07, 6.45) is 3.22. The molecule has 0 bridgehead atoms. The maximum Gasteiger partial charge on any atom is 0.242 e. The molecule has 0 atom stereocenters. The Morgan fingerprint density at radius 1 is 1.13 bits per heavy atom. The Morgan fingerprint density at radius 2 is 1.78 bits per heavy atom. The van der Waals surface area contributed by atoms with Crippen LogP contribution in [-0.2, 0) is 9.53 Å². The van der Waals surface area contributed by atoms with E-state index in [1.807, 2.05) is 37.6 Å². The highest BCUT2D eigenvalue weighted by molar-refractivity contribution is 14.0. The predicted molar refractivity (Wildman–Crippen MR) is 108 cm³/mol. The Hall–Kier alpha value is -0.570. The Labute approximate surface area is 159 Å². The van der Waals surface area contributed by atoms with E-state index in [2.05, 4.69) is 10.3 Å². The average Bonchev–Trinajstić information content (AvgIpc) is 2.50. The van der Waals surface area contributed by atoms with Crippen molar-refractivity contribution in [1.29, 1.82) is 0 Å². The number of likely N-dealkylation sites (N-methyl/N-ethyl adjacent to an activating group) is 2. The number of carbonyl (C=O) groups excluding carboxylic acids is 1. The van der Waals surface area contributed by atoms with Crippen molar-refractivity contribution in [2.45, 2.75) is 40.0 Å². The summed E-state index contributed by atoms with van der Waals surface area (Å²) in [5.74, 6) is 0.938. The molecule has 7 heteroatoms. The minimum Gasteiger partial charge on any atom is -0.385 e. The number of rotatable bonds is 11. The smallest absolute Gasteiger partial charge is 0.242 e. The lowest BCUT2D eigenvalue weighted by Crippen LogP contribution is -2.45. The number of hydrogen-bond donors (Lipinski definition) is 1. The van der Waals surface area contributed by atoms with E-state index in [4.69, 9.17) is 4.74 Å². The number of nitrogens with one attached hydrogen (secondary N) is 1. The second kappa shape index (κ2) is 16.3. The predicted octanol–water partition coefficient (Wildman–Crippen LogP) is 2.19. The zero-order valence-corrected chi connectivity index (χ0v) is 17.8. The molecule has 0 aliphatic rings. The van der Waals surface area contributed by atoms with E-state index < -0.39 is 0 Å². The van der Waals surface area contributed by atoms with Crippen LogP contribution in [-0.4, -0.2) is 75.2 Å². The highest BCUT2D eigenvalue weighted by Gasteiger charge is 2.14. The van der Waals surface area contributed by atoms with Crippen LogP contribution in [0.3, 0.4) is 0 Å². The number of ether oxygens (including phenoxy) is 1. The van der Waals surface area contributed by atoms with E-state index >= 15 is 0 Å². The van der Waals surface area contributed by atoms with Gasteiger partial charge < -0.3 is 19.9 Å². The van der Waals surface area contributed by atoms with Crippen molar-refractivity contribution in [3.05, 3.63) is 0 Å². The zero-order valence-electron chi connectivity index (χ0n) is 15.4. The maximum absolute atomic E-state index is 12.2. The lowest BCUT2D eigenvalue weighted by atomic mass is 10.2. The third-order valence-electron chi connectivity index (χ3n) is 3.45. The van der Waals surface area contributed by atoms with Crippen molar-refractivity contribution in [2.24, 2.45) is 4.99 Å².